The first-order valence-corrected chi connectivity index (χ1v) is 11.7. The third kappa shape index (κ3) is 5.16. The van der Waals surface area contributed by atoms with Crippen molar-refractivity contribution in [2.75, 3.05) is 4.72 Å². The molecule has 0 aliphatic rings. The number of aromatic nitrogens is 3. The Bertz CT molecular complexity index is 1270. The van der Waals surface area contributed by atoms with Crippen molar-refractivity contribution in [1.29, 1.82) is 0 Å². The van der Waals surface area contributed by atoms with E-state index in [4.69, 9.17) is 0 Å². The predicted molar refractivity (Wildman–Crippen MR) is 118 cm³/mol. The molecular formula is C21H19N5O3S2. The summed E-state index contributed by atoms with van der Waals surface area (Å²) in [5.41, 5.74) is 2.67. The maximum absolute atomic E-state index is 12.7. The van der Waals surface area contributed by atoms with E-state index >= 15 is 0 Å². The quantitative estimate of drug-likeness (QED) is 0.426. The molecule has 2 N–H and O–H groups in total. The van der Waals surface area contributed by atoms with Crippen LogP contribution in [0.25, 0.3) is 0 Å². The maximum Gasteiger partial charge on any atom is 0.271 e. The largest absolute Gasteiger partial charge is 0.348 e. The van der Waals surface area contributed by atoms with Crippen LogP contribution in [0, 0.1) is 0 Å². The van der Waals surface area contributed by atoms with Gasteiger partial charge in [0.05, 0.1) is 6.54 Å². The zero-order chi connectivity index (χ0) is 21.7. The van der Waals surface area contributed by atoms with Gasteiger partial charge >= 0.3 is 0 Å². The van der Waals surface area contributed by atoms with Crippen LogP contribution in [0.3, 0.4) is 0 Å². The Labute approximate surface area is 183 Å². The third-order valence-corrected chi connectivity index (χ3v) is 7.27. The van der Waals surface area contributed by atoms with Gasteiger partial charge in [0.15, 0.2) is 0 Å². The van der Waals surface area contributed by atoms with Gasteiger partial charge in [0.25, 0.3) is 15.9 Å². The molecule has 2 aromatic carbocycles. The SMILES string of the molecule is O=C(NCc1ccccc1Cn1cncn1)c1cccc(NS(=O)(=O)c2cccs2)c1. The highest BCUT2D eigenvalue weighted by Crippen LogP contribution is 2.21. The van der Waals surface area contributed by atoms with Crippen LogP contribution in [0.5, 0.6) is 0 Å². The number of thiophene rings is 1. The van der Waals surface area contributed by atoms with Crippen LogP contribution in [-0.2, 0) is 23.1 Å². The highest BCUT2D eigenvalue weighted by Gasteiger charge is 2.16. The smallest absolute Gasteiger partial charge is 0.271 e. The zero-order valence-electron chi connectivity index (χ0n) is 16.3. The van der Waals surface area contributed by atoms with Crippen molar-refractivity contribution in [2.45, 2.75) is 17.3 Å². The highest BCUT2D eigenvalue weighted by atomic mass is 32.2. The second-order valence-corrected chi connectivity index (χ2v) is 9.52. The van der Waals surface area contributed by atoms with Crippen molar-refractivity contribution in [1.82, 2.24) is 20.1 Å². The van der Waals surface area contributed by atoms with Crippen LogP contribution in [0.4, 0.5) is 5.69 Å². The van der Waals surface area contributed by atoms with E-state index in [0.29, 0.717) is 24.3 Å². The fraction of sp³-hybridized carbons (Fsp3) is 0.0952. The van der Waals surface area contributed by atoms with Crippen molar-refractivity contribution in [3.8, 4) is 0 Å². The Morgan fingerprint density at radius 3 is 2.61 bits per heavy atom. The van der Waals surface area contributed by atoms with E-state index in [1.165, 1.54) is 18.5 Å². The lowest BCUT2D eigenvalue weighted by Crippen LogP contribution is -2.24. The second-order valence-electron chi connectivity index (χ2n) is 6.66. The molecule has 10 heteroatoms. The van der Waals surface area contributed by atoms with Crippen molar-refractivity contribution in [3.05, 3.63) is 95.4 Å². The Hall–Kier alpha value is -3.50. The summed E-state index contributed by atoms with van der Waals surface area (Å²) < 4.78 is 29.3. The van der Waals surface area contributed by atoms with Crippen LogP contribution in [0.2, 0.25) is 0 Å². The number of amides is 1. The molecular weight excluding hydrogens is 434 g/mol. The molecule has 0 unspecified atom stereocenters. The minimum Gasteiger partial charge on any atom is -0.348 e. The molecule has 0 spiro atoms. The second kappa shape index (κ2) is 9.11. The van der Waals surface area contributed by atoms with Gasteiger partial charge in [-0.25, -0.2) is 18.1 Å². The molecule has 0 atom stereocenters. The van der Waals surface area contributed by atoms with E-state index in [-0.39, 0.29) is 10.1 Å². The van der Waals surface area contributed by atoms with Crippen molar-refractivity contribution >= 4 is 33.0 Å². The lowest BCUT2D eigenvalue weighted by molar-refractivity contribution is 0.0951. The fourth-order valence-electron chi connectivity index (χ4n) is 3.00. The Morgan fingerprint density at radius 2 is 1.87 bits per heavy atom. The molecule has 0 bridgehead atoms. The topological polar surface area (TPSA) is 106 Å². The minimum atomic E-state index is -3.67. The van der Waals surface area contributed by atoms with Gasteiger partial charge in [0.2, 0.25) is 0 Å². The van der Waals surface area contributed by atoms with Crippen molar-refractivity contribution in [3.63, 3.8) is 0 Å². The maximum atomic E-state index is 12.7. The average Bonchev–Trinajstić information content (AvgIpc) is 3.47. The number of rotatable bonds is 8. The van der Waals surface area contributed by atoms with E-state index in [1.807, 2.05) is 24.3 Å². The molecule has 0 saturated heterocycles. The molecule has 1 amide bonds. The lowest BCUT2D eigenvalue weighted by Gasteiger charge is -2.12. The normalized spacial score (nSPS) is 11.2. The van der Waals surface area contributed by atoms with E-state index in [2.05, 4.69) is 20.1 Å². The monoisotopic (exact) mass is 453 g/mol. The van der Waals surface area contributed by atoms with Crippen molar-refractivity contribution < 1.29 is 13.2 Å². The summed E-state index contributed by atoms with van der Waals surface area (Å²) >= 11 is 1.13. The van der Waals surface area contributed by atoms with Crippen LogP contribution in [-0.4, -0.2) is 29.1 Å². The molecule has 31 heavy (non-hydrogen) atoms. The first-order chi connectivity index (χ1) is 15.0. The number of carbonyl (C=O) groups is 1. The van der Waals surface area contributed by atoms with Gasteiger partial charge in [-0.15, -0.1) is 11.3 Å². The third-order valence-electron chi connectivity index (χ3n) is 4.49. The van der Waals surface area contributed by atoms with Crippen LogP contribution < -0.4 is 10.0 Å². The molecule has 2 heterocycles. The molecule has 2 aromatic heterocycles. The number of hydrogen-bond acceptors (Lipinski definition) is 6. The molecule has 4 rings (SSSR count). The molecule has 4 aromatic rings. The molecule has 0 fully saturated rings. The molecule has 8 nitrogen and oxygen atoms in total. The van der Waals surface area contributed by atoms with Gasteiger partial charge in [-0.2, -0.15) is 5.10 Å². The predicted octanol–water partition coefficient (Wildman–Crippen LogP) is 3.12. The summed E-state index contributed by atoms with van der Waals surface area (Å²) in [6, 6.07) is 17.4. The molecule has 0 radical (unpaired) electrons. The number of hydrogen-bond donors (Lipinski definition) is 2. The number of anilines is 1. The van der Waals surface area contributed by atoms with Gasteiger partial charge in [-0.05, 0) is 40.8 Å². The molecule has 0 saturated carbocycles. The molecule has 158 valence electrons. The Morgan fingerprint density at radius 1 is 1.03 bits per heavy atom. The van der Waals surface area contributed by atoms with E-state index < -0.39 is 10.0 Å². The molecule has 0 aliphatic carbocycles. The Kier molecular flexibility index (Phi) is 6.10. The standard InChI is InChI=1S/C21H19N5O3S2/c27-21(23-12-17-5-1-2-6-18(17)13-26-15-22-14-24-26)16-7-3-8-19(11-16)25-31(28,29)20-9-4-10-30-20/h1-11,14-15,25H,12-13H2,(H,23,27). The summed E-state index contributed by atoms with van der Waals surface area (Å²) in [4.78, 5) is 16.6. The Balaban J connectivity index is 1.44. The summed E-state index contributed by atoms with van der Waals surface area (Å²) in [5.74, 6) is -0.298. The lowest BCUT2D eigenvalue weighted by atomic mass is 10.1. The highest BCUT2D eigenvalue weighted by molar-refractivity contribution is 7.94. The summed E-state index contributed by atoms with van der Waals surface area (Å²) in [6.07, 6.45) is 3.11. The number of sulfonamides is 1. The van der Waals surface area contributed by atoms with Crippen LogP contribution >= 0.6 is 11.3 Å². The summed E-state index contributed by atoms with van der Waals surface area (Å²) in [5, 5.41) is 8.70. The number of benzene rings is 2. The van der Waals surface area contributed by atoms with Gasteiger partial charge < -0.3 is 5.32 Å². The zero-order valence-corrected chi connectivity index (χ0v) is 17.9. The van der Waals surface area contributed by atoms with E-state index in [1.54, 1.807) is 40.7 Å². The van der Waals surface area contributed by atoms with Gasteiger partial charge in [0.1, 0.15) is 16.9 Å². The molecule has 0 aliphatic heterocycles. The number of nitrogens with zero attached hydrogens (tertiary/aromatic N) is 3. The number of nitrogens with one attached hydrogen (secondary N) is 2. The van der Waals surface area contributed by atoms with E-state index in [0.717, 1.165) is 22.5 Å². The van der Waals surface area contributed by atoms with Gasteiger partial charge in [-0.1, -0.05) is 36.4 Å². The number of carbonyl (C=O) groups excluding carboxylic acids is 1. The summed E-state index contributed by atoms with van der Waals surface area (Å²) in [7, 11) is -3.67. The van der Waals surface area contributed by atoms with Gasteiger partial charge in [-0.3, -0.25) is 9.52 Å². The minimum absolute atomic E-state index is 0.214. The van der Waals surface area contributed by atoms with E-state index in [9.17, 15) is 13.2 Å². The first kappa shape index (κ1) is 20.8. The van der Waals surface area contributed by atoms with Crippen LogP contribution in [0.1, 0.15) is 21.5 Å². The average molecular weight is 454 g/mol. The first-order valence-electron chi connectivity index (χ1n) is 9.35. The summed E-state index contributed by atoms with van der Waals surface area (Å²) in [6.45, 7) is 0.876. The van der Waals surface area contributed by atoms with Crippen LogP contribution in [0.15, 0.2) is 82.9 Å². The van der Waals surface area contributed by atoms with Crippen molar-refractivity contribution in [2.24, 2.45) is 0 Å². The van der Waals surface area contributed by atoms with Gasteiger partial charge in [0, 0.05) is 17.8 Å². The fourth-order valence-corrected chi connectivity index (χ4v) is 5.04.